The van der Waals surface area contributed by atoms with Crippen molar-refractivity contribution in [2.45, 2.75) is 32.1 Å². The van der Waals surface area contributed by atoms with Crippen LogP contribution in [0.15, 0.2) is 12.1 Å². The Morgan fingerprint density at radius 1 is 1.29 bits per heavy atom. The molecule has 1 aromatic rings. The Labute approximate surface area is 124 Å². The van der Waals surface area contributed by atoms with Crippen molar-refractivity contribution in [2.24, 2.45) is 11.8 Å². The number of hydrogen-bond acceptors (Lipinski definition) is 4. The fraction of sp³-hybridized carbons (Fsp3) is 0.562. The Morgan fingerprint density at radius 3 is 2.90 bits per heavy atom. The van der Waals surface area contributed by atoms with Gasteiger partial charge in [0.05, 0.1) is 11.4 Å². The van der Waals surface area contributed by atoms with Crippen molar-refractivity contribution in [1.29, 1.82) is 0 Å². The van der Waals surface area contributed by atoms with Gasteiger partial charge in [0, 0.05) is 25.3 Å². The second-order valence-corrected chi connectivity index (χ2v) is 6.16. The van der Waals surface area contributed by atoms with Crippen LogP contribution in [0.5, 0.6) is 0 Å². The van der Waals surface area contributed by atoms with Gasteiger partial charge >= 0.3 is 0 Å². The van der Waals surface area contributed by atoms with Gasteiger partial charge in [-0.05, 0) is 48.8 Å². The summed E-state index contributed by atoms with van der Waals surface area (Å²) in [5.41, 5.74) is 9.65. The number of carbonyl (C=O) groups is 1. The molecule has 2 unspecified atom stereocenters. The number of aliphatic hydroxyl groups is 1. The van der Waals surface area contributed by atoms with Crippen LogP contribution in [0.3, 0.4) is 0 Å². The van der Waals surface area contributed by atoms with Crippen LogP contribution in [-0.2, 0) is 11.2 Å². The molecule has 1 amide bonds. The third kappa shape index (κ3) is 2.97. The van der Waals surface area contributed by atoms with Gasteiger partial charge < -0.3 is 21.5 Å². The highest BCUT2D eigenvalue weighted by atomic mass is 16.3. The quantitative estimate of drug-likeness (QED) is 0.638. The summed E-state index contributed by atoms with van der Waals surface area (Å²) in [5, 5.41) is 15.7. The molecule has 5 nitrogen and oxygen atoms in total. The summed E-state index contributed by atoms with van der Waals surface area (Å²) in [5.74, 6) is 0.986. The number of rotatable bonds is 4. The average molecular weight is 289 g/mol. The highest BCUT2D eigenvalue weighted by molar-refractivity contribution is 5.95. The number of fused-ring (bicyclic) bond motifs is 1. The molecule has 5 heteroatoms. The van der Waals surface area contributed by atoms with Crippen LogP contribution in [0.4, 0.5) is 17.1 Å². The van der Waals surface area contributed by atoms with E-state index in [1.807, 2.05) is 12.1 Å². The minimum absolute atomic E-state index is 0.0550. The van der Waals surface area contributed by atoms with Crippen LogP contribution in [0, 0.1) is 11.8 Å². The zero-order chi connectivity index (χ0) is 14.8. The molecule has 0 radical (unpaired) electrons. The number of carbonyl (C=O) groups excluding carboxylic acids is 1. The lowest BCUT2D eigenvalue weighted by molar-refractivity contribution is -0.116. The first-order valence-electron chi connectivity index (χ1n) is 7.74. The lowest BCUT2D eigenvalue weighted by Gasteiger charge is -2.22. The third-order valence-electron chi connectivity index (χ3n) is 4.78. The van der Waals surface area contributed by atoms with Gasteiger partial charge in [0.2, 0.25) is 5.91 Å². The van der Waals surface area contributed by atoms with Crippen molar-refractivity contribution in [3.63, 3.8) is 0 Å². The normalized spacial score (nSPS) is 24.5. The molecule has 1 fully saturated rings. The number of nitrogens with one attached hydrogen (secondary N) is 2. The Kier molecular flexibility index (Phi) is 4.01. The Balaban J connectivity index is 1.70. The van der Waals surface area contributed by atoms with Crippen LogP contribution in [0.1, 0.15) is 31.2 Å². The number of hydrogen-bond donors (Lipinski definition) is 4. The van der Waals surface area contributed by atoms with Crippen molar-refractivity contribution in [3.8, 4) is 0 Å². The summed E-state index contributed by atoms with van der Waals surface area (Å²) < 4.78 is 0. The second kappa shape index (κ2) is 5.93. The standard InChI is InChI=1S/C16H23N3O2/c17-13-7-14-10(4-5-16(21)19-14)6-15(13)18-8-11-2-1-3-12(11)9-20/h6-7,11-12,18,20H,1-5,8-9,17H2,(H,19,21). The lowest BCUT2D eigenvalue weighted by Crippen LogP contribution is -2.22. The first-order chi connectivity index (χ1) is 10.2. The first-order valence-corrected chi connectivity index (χ1v) is 7.74. The Hall–Kier alpha value is -1.75. The number of aliphatic hydroxyl groups excluding tert-OH is 1. The minimum Gasteiger partial charge on any atom is -0.397 e. The molecule has 0 spiro atoms. The van der Waals surface area contributed by atoms with Crippen LogP contribution < -0.4 is 16.4 Å². The number of anilines is 3. The highest BCUT2D eigenvalue weighted by Crippen LogP contribution is 2.34. The van der Waals surface area contributed by atoms with Gasteiger partial charge in [0.1, 0.15) is 0 Å². The van der Waals surface area contributed by atoms with E-state index in [4.69, 9.17) is 5.73 Å². The number of nitrogens with two attached hydrogens (primary N) is 1. The number of amides is 1. The average Bonchev–Trinajstić information content (AvgIpc) is 2.92. The second-order valence-electron chi connectivity index (χ2n) is 6.16. The summed E-state index contributed by atoms with van der Waals surface area (Å²) in [6, 6.07) is 3.89. The van der Waals surface area contributed by atoms with Crippen molar-refractivity contribution in [1.82, 2.24) is 0 Å². The van der Waals surface area contributed by atoms with Crippen LogP contribution in [0.2, 0.25) is 0 Å². The van der Waals surface area contributed by atoms with E-state index in [1.54, 1.807) is 0 Å². The van der Waals surface area contributed by atoms with E-state index in [-0.39, 0.29) is 12.5 Å². The van der Waals surface area contributed by atoms with Gasteiger partial charge in [0.25, 0.3) is 0 Å². The van der Waals surface area contributed by atoms with Gasteiger partial charge in [0.15, 0.2) is 0 Å². The molecule has 1 heterocycles. The Bertz CT molecular complexity index is 545. The molecule has 114 valence electrons. The molecule has 0 aromatic heterocycles. The van der Waals surface area contributed by atoms with Crippen LogP contribution >= 0.6 is 0 Å². The fourth-order valence-electron chi connectivity index (χ4n) is 3.46. The summed E-state index contributed by atoms with van der Waals surface area (Å²) in [6.45, 7) is 1.12. The van der Waals surface area contributed by atoms with Crippen molar-refractivity contribution < 1.29 is 9.90 Å². The van der Waals surface area contributed by atoms with E-state index < -0.39 is 0 Å². The lowest BCUT2D eigenvalue weighted by atomic mass is 9.96. The molecule has 0 saturated heterocycles. The predicted octanol–water partition coefficient (Wildman–Crippen LogP) is 1.97. The zero-order valence-corrected chi connectivity index (χ0v) is 12.2. The van der Waals surface area contributed by atoms with Gasteiger partial charge in [-0.25, -0.2) is 0 Å². The molecule has 1 aliphatic heterocycles. The maximum Gasteiger partial charge on any atom is 0.224 e. The highest BCUT2D eigenvalue weighted by Gasteiger charge is 2.26. The molecule has 2 aliphatic rings. The van der Waals surface area contributed by atoms with E-state index in [1.165, 1.54) is 12.8 Å². The molecule has 0 bridgehead atoms. The topological polar surface area (TPSA) is 87.4 Å². The van der Waals surface area contributed by atoms with Crippen molar-refractivity contribution in [2.75, 3.05) is 29.5 Å². The maximum atomic E-state index is 11.4. The number of nitrogen functional groups attached to an aromatic ring is 1. The first kappa shape index (κ1) is 14.2. The zero-order valence-electron chi connectivity index (χ0n) is 12.2. The van der Waals surface area contributed by atoms with Crippen molar-refractivity contribution >= 4 is 23.0 Å². The summed E-state index contributed by atoms with van der Waals surface area (Å²) in [4.78, 5) is 11.4. The summed E-state index contributed by atoms with van der Waals surface area (Å²) in [7, 11) is 0. The molecule has 1 aliphatic carbocycles. The SMILES string of the molecule is Nc1cc2c(cc1NCC1CCCC1CO)CCC(=O)N2. The largest absolute Gasteiger partial charge is 0.397 e. The monoisotopic (exact) mass is 289 g/mol. The van der Waals surface area contributed by atoms with Crippen molar-refractivity contribution in [3.05, 3.63) is 17.7 Å². The molecule has 3 rings (SSSR count). The Morgan fingerprint density at radius 2 is 2.10 bits per heavy atom. The summed E-state index contributed by atoms with van der Waals surface area (Å²) >= 11 is 0. The van der Waals surface area contributed by atoms with Crippen LogP contribution in [-0.4, -0.2) is 24.2 Å². The smallest absolute Gasteiger partial charge is 0.224 e. The van der Waals surface area contributed by atoms with E-state index in [0.717, 1.165) is 36.3 Å². The molecular formula is C16H23N3O2. The maximum absolute atomic E-state index is 11.4. The van der Waals surface area contributed by atoms with Gasteiger partial charge in [-0.3, -0.25) is 4.79 Å². The number of aryl methyl sites for hydroxylation is 1. The molecule has 1 saturated carbocycles. The van der Waals surface area contributed by atoms with E-state index in [2.05, 4.69) is 10.6 Å². The predicted molar refractivity (Wildman–Crippen MR) is 84.2 cm³/mol. The van der Waals surface area contributed by atoms with Gasteiger partial charge in [-0.15, -0.1) is 0 Å². The van der Waals surface area contributed by atoms with Gasteiger partial charge in [-0.1, -0.05) is 6.42 Å². The third-order valence-corrected chi connectivity index (χ3v) is 4.78. The van der Waals surface area contributed by atoms with E-state index >= 15 is 0 Å². The minimum atomic E-state index is 0.0550. The van der Waals surface area contributed by atoms with E-state index in [0.29, 0.717) is 23.9 Å². The fourth-order valence-corrected chi connectivity index (χ4v) is 3.46. The number of benzene rings is 1. The van der Waals surface area contributed by atoms with E-state index in [9.17, 15) is 9.90 Å². The molecule has 2 atom stereocenters. The molecular weight excluding hydrogens is 266 g/mol. The molecule has 5 N–H and O–H groups in total. The molecule has 1 aromatic carbocycles. The van der Waals surface area contributed by atoms with Gasteiger partial charge in [-0.2, -0.15) is 0 Å². The molecule has 21 heavy (non-hydrogen) atoms. The summed E-state index contributed by atoms with van der Waals surface area (Å²) in [6.07, 6.45) is 4.78. The van der Waals surface area contributed by atoms with Crippen LogP contribution in [0.25, 0.3) is 0 Å².